The lowest BCUT2D eigenvalue weighted by Gasteiger charge is -2.16. The first-order chi connectivity index (χ1) is 12.2. The highest BCUT2D eigenvalue weighted by molar-refractivity contribution is 6.31. The van der Waals surface area contributed by atoms with E-state index in [0.717, 1.165) is 0 Å². The van der Waals surface area contributed by atoms with Gasteiger partial charge in [-0.3, -0.25) is 9.36 Å². The van der Waals surface area contributed by atoms with Crippen LogP contribution in [-0.2, 0) is 16.8 Å². The maximum atomic E-state index is 12.2. The fraction of sp³-hybridized carbons (Fsp3) is 0.333. The molecule has 26 heavy (non-hydrogen) atoms. The number of halogens is 1. The number of anilines is 1. The Labute approximate surface area is 155 Å². The van der Waals surface area contributed by atoms with Crippen LogP contribution in [0.25, 0.3) is 11.1 Å². The topological polar surface area (TPSA) is 90.0 Å². The minimum absolute atomic E-state index is 0.109. The molecular weight excluding hydrogens is 356 g/mol. The molecule has 0 saturated heterocycles. The number of fused-ring (bicyclic) bond motifs is 1. The Kier molecular flexibility index (Phi) is 4.82. The second kappa shape index (κ2) is 6.92. The number of aromatic nitrogens is 3. The monoisotopic (exact) mass is 374 g/mol. The number of carbonyl (C=O) groups is 1. The van der Waals surface area contributed by atoms with E-state index in [2.05, 4.69) is 15.3 Å². The van der Waals surface area contributed by atoms with Crippen molar-refractivity contribution in [1.82, 2.24) is 14.5 Å². The molecule has 2 heterocycles. The predicted molar refractivity (Wildman–Crippen MR) is 99.5 cm³/mol. The number of amides is 1. The molecule has 1 aromatic carbocycles. The SMILES string of the molecule is CC(C)(C)c1ncc(NC(=O)CCn2c(=O)oc3cc(Cl)ccc32)cn1. The molecule has 136 valence electrons. The van der Waals surface area contributed by atoms with Crippen LogP contribution in [0.1, 0.15) is 33.0 Å². The molecule has 0 unspecified atom stereocenters. The number of carbonyl (C=O) groups excluding carboxylic acids is 1. The lowest BCUT2D eigenvalue weighted by molar-refractivity contribution is -0.116. The number of oxazole rings is 1. The van der Waals surface area contributed by atoms with Gasteiger partial charge in [-0.05, 0) is 12.1 Å². The zero-order valence-corrected chi connectivity index (χ0v) is 15.5. The average molecular weight is 375 g/mol. The Bertz CT molecular complexity index is 1000. The van der Waals surface area contributed by atoms with Gasteiger partial charge < -0.3 is 9.73 Å². The molecule has 1 N–H and O–H groups in total. The molecular formula is C18H19ClN4O3. The summed E-state index contributed by atoms with van der Waals surface area (Å²) in [7, 11) is 0. The Morgan fingerprint density at radius 3 is 2.62 bits per heavy atom. The summed E-state index contributed by atoms with van der Waals surface area (Å²) in [5, 5.41) is 3.21. The van der Waals surface area contributed by atoms with Crippen molar-refractivity contribution < 1.29 is 9.21 Å². The van der Waals surface area contributed by atoms with Crippen LogP contribution in [0.3, 0.4) is 0 Å². The maximum absolute atomic E-state index is 12.2. The van der Waals surface area contributed by atoms with E-state index in [1.807, 2.05) is 20.8 Å². The molecule has 0 aliphatic heterocycles. The van der Waals surface area contributed by atoms with E-state index in [0.29, 0.717) is 27.6 Å². The Morgan fingerprint density at radius 1 is 1.27 bits per heavy atom. The van der Waals surface area contributed by atoms with Crippen LogP contribution in [0.2, 0.25) is 5.02 Å². The molecule has 0 spiro atoms. The number of hydrogen-bond acceptors (Lipinski definition) is 5. The van der Waals surface area contributed by atoms with Crippen molar-refractivity contribution in [2.45, 2.75) is 39.2 Å². The zero-order valence-electron chi connectivity index (χ0n) is 14.7. The van der Waals surface area contributed by atoms with Gasteiger partial charge in [0.25, 0.3) is 0 Å². The summed E-state index contributed by atoms with van der Waals surface area (Å²) in [4.78, 5) is 32.6. The smallest absolute Gasteiger partial charge is 0.408 e. The standard InChI is InChI=1S/C18H19ClN4O3/c1-18(2,3)16-20-9-12(10-21-16)22-15(24)6-7-23-13-5-4-11(19)8-14(13)26-17(23)25/h4-5,8-10H,6-7H2,1-3H3,(H,22,24). The minimum atomic E-state index is -0.520. The molecule has 0 atom stereocenters. The summed E-state index contributed by atoms with van der Waals surface area (Å²) in [6.07, 6.45) is 3.26. The Balaban J connectivity index is 1.66. The van der Waals surface area contributed by atoms with Crippen LogP contribution < -0.4 is 11.1 Å². The molecule has 1 amide bonds. The maximum Gasteiger partial charge on any atom is 0.419 e. The Morgan fingerprint density at radius 2 is 1.96 bits per heavy atom. The van der Waals surface area contributed by atoms with Crippen molar-refractivity contribution in [2.24, 2.45) is 0 Å². The molecule has 0 saturated carbocycles. The zero-order chi connectivity index (χ0) is 18.9. The van der Waals surface area contributed by atoms with Gasteiger partial charge in [0.1, 0.15) is 5.82 Å². The molecule has 0 fully saturated rings. The molecule has 3 rings (SSSR count). The third-order valence-electron chi connectivity index (χ3n) is 3.80. The summed E-state index contributed by atoms with van der Waals surface area (Å²) < 4.78 is 6.55. The fourth-order valence-corrected chi connectivity index (χ4v) is 2.63. The summed E-state index contributed by atoms with van der Waals surface area (Å²) in [6, 6.07) is 4.94. The number of aryl methyl sites for hydroxylation is 1. The van der Waals surface area contributed by atoms with Crippen molar-refractivity contribution >= 4 is 34.3 Å². The lowest BCUT2D eigenvalue weighted by atomic mass is 9.96. The second-order valence-electron chi connectivity index (χ2n) is 6.98. The lowest BCUT2D eigenvalue weighted by Crippen LogP contribution is -2.20. The number of benzene rings is 1. The van der Waals surface area contributed by atoms with Crippen LogP contribution in [0, 0.1) is 0 Å². The summed E-state index contributed by atoms with van der Waals surface area (Å²) in [5.41, 5.74) is 1.35. The van der Waals surface area contributed by atoms with Gasteiger partial charge >= 0.3 is 5.76 Å². The molecule has 8 heteroatoms. The second-order valence-corrected chi connectivity index (χ2v) is 7.41. The molecule has 3 aromatic rings. The number of hydrogen-bond donors (Lipinski definition) is 1. The molecule has 2 aromatic heterocycles. The Hall–Kier alpha value is -2.67. The molecule has 0 aliphatic carbocycles. The molecule has 0 bridgehead atoms. The van der Waals surface area contributed by atoms with Gasteiger partial charge in [0.2, 0.25) is 5.91 Å². The molecule has 0 aliphatic rings. The average Bonchev–Trinajstić information content (AvgIpc) is 2.87. The van der Waals surface area contributed by atoms with Crippen LogP contribution in [0.15, 0.2) is 39.8 Å². The first kappa shape index (κ1) is 18.1. The molecule has 7 nitrogen and oxygen atoms in total. The van der Waals surface area contributed by atoms with E-state index in [4.69, 9.17) is 16.0 Å². The first-order valence-corrected chi connectivity index (χ1v) is 8.53. The van der Waals surface area contributed by atoms with E-state index in [9.17, 15) is 9.59 Å². The summed E-state index contributed by atoms with van der Waals surface area (Å²) >= 11 is 5.89. The van der Waals surface area contributed by atoms with E-state index < -0.39 is 5.76 Å². The van der Waals surface area contributed by atoms with Crippen molar-refractivity contribution in [1.29, 1.82) is 0 Å². The summed E-state index contributed by atoms with van der Waals surface area (Å²) in [5.74, 6) is -0.0640. The van der Waals surface area contributed by atoms with Crippen molar-refractivity contribution in [3.63, 3.8) is 0 Å². The van der Waals surface area contributed by atoms with Crippen LogP contribution in [0.5, 0.6) is 0 Å². The van der Waals surface area contributed by atoms with E-state index in [1.54, 1.807) is 30.6 Å². The van der Waals surface area contributed by atoms with Gasteiger partial charge in [-0.2, -0.15) is 0 Å². The van der Waals surface area contributed by atoms with Crippen molar-refractivity contribution in [3.05, 3.63) is 52.0 Å². The fourth-order valence-electron chi connectivity index (χ4n) is 2.47. The summed E-state index contributed by atoms with van der Waals surface area (Å²) in [6.45, 7) is 6.24. The van der Waals surface area contributed by atoms with Gasteiger partial charge in [0.15, 0.2) is 5.58 Å². The van der Waals surface area contributed by atoms with E-state index in [-0.39, 0.29) is 24.3 Å². The quantitative estimate of drug-likeness (QED) is 0.756. The first-order valence-electron chi connectivity index (χ1n) is 8.15. The normalized spacial score (nSPS) is 11.7. The minimum Gasteiger partial charge on any atom is -0.408 e. The van der Waals surface area contributed by atoms with Gasteiger partial charge in [0, 0.05) is 29.5 Å². The van der Waals surface area contributed by atoms with E-state index in [1.165, 1.54) is 4.57 Å². The van der Waals surface area contributed by atoms with Gasteiger partial charge in [-0.25, -0.2) is 14.8 Å². The highest BCUT2D eigenvalue weighted by Gasteiger charge is 2.17. The number of nitrogens with one attached hydrogen (secondary N) is 1. The number of rotatable bonds is 4. The van der Waals surface area contributed by atoms with E-state index >= 15 is 0 Å². The highest BCUT2D eigenvalue weighted by Crippen LogP contribution is 2.19. The predicted octanol–water partition coefficient (Wildman–Crippen LogP) is 3.36. The molecule has 0 radical (unpaired) electrons. The third kappa shape index (κ3) is 3.94. The highest BCUT2D eigenvalue weighted by atomic mass is 35.5. The van der Waals surface area contributed by atoms with Crippen LogP contribution in [-0.4, -0.2) is 20.4 Å². The van der Waals surface area contributed by atoms with Gasteiger partial charge in [0.05, 0.1) is 23.6 Å². The van der Waals surface area contributed by atoms with Crippen molar-refractivity contribution in [3.8, 4) is 0 Å². The van der Waals surface area contributed by atoms with Crippen LogP contribution in [0.4, 0.5) is 5.69 Å². The largest absolute Gasteiger partial charge is 0.419 e. The van der Waals surface area contributed by atoms with Gasteiger partial charge in [-0.15, -0.1) is 0 Å². The third-order valence-corrected chi connectivity index (χ3v) is 4.03. The number of nitrogens with zero attached hydrogens (tertiary/aromatic N) is 3. The van der Waals surface area contributed by atoms with Crippen LogP contribution >= 0.6 is 11.6 Å². The van der Waals surface area contributed by atoms with Gasteiger partial charge in [-0.1, -0.05) is 32.4 Å². The van der Waals surface area contributed by atoms with Crippen molar-refractivity contribution in [2.75, 3.05) is 5.32 Å².